The van der Waals surface area contributed by atoms with Crippen molar-refractivity contribution in [2.24, 2.45) is 5.73 Å². The molecule has 4 N–H and O–H groups in total. The molecule has 1 aliphatic heterocycles. The number of carbonyl (C=O) groups is 2. The first kappa shape index (κ1) is 17.7. The molecule has 0 aromatic heterocycles. The van der Waals surface area contributed by atoms with Gasteiger partial charge in [-0.1, -0.05) is 23.7 Å². The van der Waals surface area contributed by atoms with Crippen molar-refractivity contribution in [1.82, 2.24) is 10.6 Å². The maximum atomic E-state index is 12.8. The second-order valence-corrected chi connectivity index (χ2v) is 6.14. The second kappa shape index (κ2) is 7.77. The van der Waals surface area contributed by atoms with Crippen LogP contribution in [0.15, 0.2) is 24.3 Å². The molecule has 1 saturated heterocycles. The normalized spacial score (nSPS) is 18.2. The summed E-state index contributed by atoms with van der Waals surface area (Å²) in [5.74, 6) is -0.722. The van der Waals surface area contributed by atoms with Crippen molar-refractivity contribution in [2.75, 3.05) is 20.2 Å². The Morgan fingerprint density at radius 1 is 1.43 bits per heavy atom. The highest BCUT2D eigenvalue weighted by molar-refractivity contribution is 6.30. The van der Waals surface area contributed by atoms with Gasteiger partial charge in [0.15, 0.2) is 0 Å². The molecule has 0 aliphatic carbocycles. The lowest BCUT2D eigenvalue weighted by molar-refractivity contribution is -0.147. The van der Waals surface area contributed by atoms with Crippen LogP contribution in [0.5, 0.6) is 0 Å². The van der Waals surface area contributed by atoms with E-state index in [4.69, 9.17) is 22.1 Å². The summed E-state index contributed by atoms with van der Waals surface area (Å²) in [5.41, 5.74) is 5.19. The molecule has 1 heterocycles. The Labute approximate surface area is 140 Å². The number of nitrogens with one attached hydrogen (secondary N) is 2. The SMILES string of the molecule is COC1(C(=O)N[C@H](CC(N)=O)c2cccc(Cl)c2)CCNCC1. The van der Waals surface area contributed by atoms with Crippen molar-refractivity contribution < 1.29 is 14.3 Å². The van der Waals surface area contributed by atoms with Crippen molar-refractivity contribution in [3.63, 3.8) is 0 Å². The molecule has 1 aliphatic rings. The molecule has 1 fully saturated rings. The number of primary amides is 1. The average Bonchev–Trinajstić information content (AvgIpc) is 2.54. The first-order chi connectivity index (χ1) is 11.0. The molecule has 0 spiro atoms. The van der Waals surface area contributed by atoms with Crippen molar-refractivity contribution in [3.05, 3.63) is 34.9 Å². The molecular weight excluding hydrogens is 318 g/mol. The average molecular weight is 340 g/mol. The van der Waals surface area contributed by atoms with Gasteiger partial charge >= 0.3 is 0 Å². The van der Waals surface area contributed by atoms with Crippen LogP contribution in [0.3, 0.4) is 0 Å². The molecule has 126 valence electrons. The van der Waals surface area contributed by atoms with Gasteiger partial charge in [-0.15, -0.1) is 0 Å². The molecule has 0 radical (unpaired) electrons. The maximum Gasteiger partial charge on any atom is 0.252 e. The molecule has 23 heavy (non-hydrogen) atoms. The molecule has 1 aromatic carbocycles. The van der Waals surface area contributed by atoms with Gasteiger partial charge in [-0.05, 0) is 43.6 Å². The van der Waals surface area contributed by atoms with Gasteiger partial charge in [-0.25, -0.2) is 0 Å². The van der Waals surface area contributed by atoms with Gasteiger partial charge in [-0.3, -0.25) is 9.59 Å². The molecule has 7 heteroatoms. The van der Waals surface area contributed by atoms with Crippen molar-refractivity contribution in [3.8, 4) is 0 Å². The Morgan fingerprint density at radius 2 is 2.13 bits per heavy atom. The first-order valence-electron chi connectivity index (χ1n) is 7.57. The number of ether oxygens (including phenoxy) is 1. The van der Waals surface area contributed by atoms with Crippen LogP contribution in [0.1, 0.15) is 30.9 Å². The van der Waals surface area contributed by atoms with E-state index in [1.807, 2.05) is 6.07 Å². The summed E-state index contributed by atoms with van der Waals surface area (Å²) in [6.45, 7) is 1.41. The van der Waals surface area contributed by atoms with Crippen LogP contribution in [-0.4, -0.2) is 37.6 Å². The van der Waals surface area contributed by atoms with Crippen molar-refractivity contribution >= 4 is 23.4 Å². The molecule has 2 rings (SSSR count). The summed E-state index contributed by atoms with van der Waals surface area (Å²) in [6, 6.07) is 6.51. The zero-order valence-corrected chi connectivity index (χ0v) is 13.9. The minimum absolute atomic E-state index is 0.00409. The van der Waals surface area contributed by atoms with E-state index in [1.165, 1.54) is 7.11 Å². The van der Waals surface area contributed by atoms with Crippen molar-refractivity contribution in [1.29, 1.82) is 0 Å². The minimum Gasteiger partial charge on any atom is -0.370 e. The molecule has 2 amide bonds. The van der Waals surface area contributed by atoms with E-state index in [1.54, 1.807) is 18.2 Å². The van der Waals surface area contributed by atoms with Crippen LogP contribution >= 0.6 is 11.6 Å². The number of benzene rings is 1. The third-order valence-electron chi connectivity index (χ3n) is 4.18. The topological polar surface area (TPSA) is 93.4 Å². The lowest BCUT2D eigenvalue weighted by Crippen LogP contribution is -2.54. The van der Waals surface area contributed by atoms with Gasteiger partial charge in [0, 0.05) is 12.1 Å². The predicted octanol–water partition coefficient (Wildman–Crippen LogP) is 1.14. The van der Waals surface area contributed by atoms with Gasteiger partial charge in [0.2, 0.25) is 5.91 Å². The first-order valence-corrected chi connectivity index (χ1v) is 7.95. The van der Waals surface area contributed by atoms with Gasteiger partial charge in [0.25, 0.3) is 5.91 Å². The summed E-state index contributed by atoms with van der Waals surface area (Å²) in [4.78, 5) is 24.1. The number of carbonyl (C=O) groups excluding carboxylic acids is 2. The minimum atomic E-state index is -0.875. The van der Waals surface area contributed by atoms with Crippen LogP contribution in [0, 0.1) is 0 Å². The van der Waals surface area contributed by atoms with Gasteiger partial charge in [0.05, 0.1) is 12.5 Å². The summed E-state index contributed by atoms with van der Waals surface area (Å²) in [5, 5.41) is 6.64. The van der Waals surface area contributed by atoms with E-state index in [9.17, 15) is 9.59 Å². The summed E-state index contributed by atoms with van der Waals surface area (Å²) < 4.78 is 5.51. The van der Waals surface area contributed by atoms with Gasteiger partial charge in [-0.2, -0.15) is 0 Å². The Bertz CT molecular complexity index is 573. The summed E-state index contributed by atoms with van der Waals surface area (Å²) in [6.07, 6.45) is 1.16. The molecule has 0 bridgehead atoms. The molecule has 0 unspecified atom stereocenters. The number of rotatable bonds is 6. The lowest BCUT2D eigenvalue weighted by atomic mass is 9.90. The van der Waals surface area contributed by atoms with E-state index in [-0.39, 0.29) is 12.3 Å². The number of halogens is 1. The van der Waals surface area contributed by atoms with Gasteiger partial charge < -0.3 is 21.1 Å². The lowest BCUT2D eigenvalue weighted by Gasteiger charge is -2.36. The third kappa shape index (κ3) is 4.43. The fourth-order valence-electron chi connectivity index (χ4n) is 2.82. The highest BCUT2D eigenvalue weighted by Gasteiger charge is 2.40. The van der Waals surface area contributed by atoms with E-state index >= 15 is 0 Å². The zero-order valence-electron chi connectivity index (χ0n) is 13.1. The highest BCUT2D eigenvalue weighted by Crippen LogP contribution is 2.26. The fraction of sp³-hybridized carbons (Fsp3) is 0.500. The van der Waals surface area contributed by atoms with Crippen LogP contribution in [-0.2, 0) is 14.3 Å². The third-order valence-corrected chi connectivity index (χ3v) is 4.41. The standard InChI is InChI=1S/C16H22ClN3O3/c1-23-16(5-7-19-8-6-16)15(22)20-13(10-14(18)21)11-3-2-4-12(17)9-11/h2-4,9,13,19H,5-8,10H2,1H3,(H2,18,21)(H,20,22)/t13-/m1/s1. The summed E-state index contributed by atoms with van der Waals surface area (Å²) in [7, 11) is 1.54. The number of methoxy groups -OCH3 is 1. The molecule has 1 aromatic rings. The van der Waals surface area contributed by atoms with Crippen LogP contribution in [0.2, 0.25) is 5.02 Å². The van der Waals surface area contributed by atoms with Gasteiger partial charge in [0.1, 0.15) is 5.60 Å². The van der Waals surface area contributed by atoms with E-state index in [0.29, 0.717) is 31.0 Å². The Kier molecular flexibility index (Phi) is 5.98. The Balaban J connectivity index is 2.19. The Morgan fingerprint density at radius 3 is 2.70 bits per heavy atom. The largest absolute Gasteiger partial charge is 0.370 e. The molecule has 6 nitrogen and oxygen atoms in total. The van der Waals surface area contributed by atoms with E-state index < -0.39 is 17.6 Å². The van der Waals surface area contributed by atoms with Crippen LogP contribution in [0.4, 0.5) is 0 Å². The number of hydrogen-bond donors (Lipinski definition) is 3. The van der Waals surface area contributed by atoms with Crippen LogP contribution < -0.4 is 16.4 Å². The van der Waals surface area contributed by atoms with E-state index in [2.05, 4.69) is 10.6 Å². The van der Waals surface area contributed by atoms with E-state index in [0.717, 1.165) is 5.56 Å². The molecular formula is C16H22ClN3O3. The van der Waals surface area contributed by atoms with Crippen molar-refractivity contribution in [2.45, 2.75) is 30.9 Å². The maximum absolute atomic E-state index is 12.8. The van der Waals surface area contributed by atoms with Crippen LogP contribution in [0.25, 0.3) is 0 Å². The number of amides is 2. The summed E-state index contributed by atoms with van der Waals surface area (Å²) >= 11 is 6.00. The number of piperidine rings is 1. The zero-order chi connectivity index (χ0) is 16.9. The number of hydrogen-bond acceptors (Lipinski definition) is 4. The monoisotopic (exact) mass is 339 g/mol. The highest BCUT2D eigenvalue weighted by atomic mass is 35.5. The number of nitrogens with two attached hydrogens (primary N) is 1. The Hall–Kier alpha value is -1.63. The quantitative estimate of drug-likeness (QED) is 0.724. The molecule has 1 atom stereocenters. The molecule has 0 saturated carbocycles. The fourth-order valence-corrected chi connectivity index (χ4v) is 3.02. The smallest absolute Gasteiger partial charge is 0.252 e. The second-order valence-electron chi connectivity index (χ2n) is 5.70. The predicted molar refractivity (Wildman–Crippen MR) is 88.0 cm³/mol.